The highest BCUT2D eigenvalue weighted by Gasteiger charge is 1.96. The maximum Gasteiger partial charge on any atom is 0.305 e. The summed E-state index contributed by atoms with van der Waals surface area (Å²) < 4.78 is 4.58. The van der Waals surface area contributed by atoms with Gasteiger partial charge in [-0.15, -0.1) is 5.92 Å². The van der Waals surface area contributed by atoms with Crippen LogP contribution < -0.4 is 0 Å². The van der Waals surface area contributed by atoms with E-state index in [2.05, 4.69) is 65.2 Å². The summed E-state index contributed by atoms with van der Waals surface area (Å²) in [5.41, 5.74) is 0. The molecule has 0 unspecified atom stereocenters. The van der Waals surface area contributed by atoms with Crippen LogP contribution in [0.1, 0.15) is 51.4 Å². The molecule has 0 atom stereocenters. The first-order valence-corrected chi connectivity index (χ1v) is 8.54. The lowest BCUT2D eigenvalue weighted by Gasteiger charge is -1.95. The van der Waals surface area contributed by atoms with Gasteiger partial charge in [0.1, 0.15) is 0 Å². The van der Waals surface area contributed by atoms with Crippen LogP contribution in [0.2, 0.25) is 0 Å². The second kappa shape index (κ2) is 19.0. The first kappa shape index (κ1) is 21.9. The van der Waals surface area contributed by atoms with Crippen molar-refractivity contribution in [3.63, 3.8) is 0 Å². The van der Waals surface area contributed by atoms with Crippen molar-refractivity contribution in [3.8, 4) is 11.8 Å². The van der Waals surface area contributed by atoms with Crippen LogP contribution in [0.5, 0.6) is 0 Å². The van der Waals surface area contributed by atoms with Gasteiger partial charge in [-0.3, -0.25) is 4.79 Å². The molecule has 3 heteroatoms. The zero-order chi connectivity index (χ0) is 17.7. The van der Waals surface area contributed by atoms with Crippen molar-refractivity contribution >= 4 is 5.97 Å². The van der Waals surface area contributed by atoms with Gasteiger partial charge in [0.2, 0.25) is 0 Å². The van der Waals surface area contributed by atoms with Gasteiger partial charge in [0, 0.05) is 19.3 Å². The molecular formula is C21H30O3. The summed E-state index contributed by atoms with van der Waals surface area (Å²) in [6.07, 6.45) is 23.3. The van der Waals surface area contributed by atoms with E-state index < -0.39 is 0 Å². The van der Waals surface area contributed by atoms with Crippen LogP contribution in [0.25, 0.3) is 0 Å². The Labute approximate surface area is 146 Å². The lowest BCUT2D eigenvalue weighted by molar-refractivity contribution is -0.140. The number of allylic oxidation sites excluding steroid dienone is 8. The van der Waals surface area contributed by atoms with Gasteiger partial charge < -0.3 is 9.84 Å². The maximum atomic E-state index is 10.9. The average molecular weight is 330 g/mol. The molecule has 0 aliphatic heterocycles. The third kappa shape index (κ3) is 18.0. The summed E-state index contributed by atoms with van der Waals surface area (Å²) in [6.45, 7) is 0.137. The largest absolute Gasteiger partial charge is 0.469 e. The fraction of sp³-hybridized carbons (Fsp3) is 0.476. The van der Waals surface area contributed by atoms with E-state index >= 15 is 0 Å². The van der Waals surface area contributed by atoms with Crippen molar-refractivity contribution < 1.29 is 14.6 Å². The monoisotopic (exact) mass is 330 g/mol. The predicted molar refractivity (Wildman–Crippen MR) is 100 cm³/mol. The van der Waals surface area contributed by atoms with E-state index in [1.807, 2.05) is 0 Å². The highest BCUT2D eigenvalue weighted by molar-refractivity contribution is 5.69. The van der Waals surface area contributed by atoms with Crippen molar-refractivity contribution in [2.45, 2.75) is 51.4 Å². The molecule has 0 saturated carbocycles. The predicted octanol–water partition coefficient (Wildman–Crippen LogP) is 4.50. The summed E-state index contributed by atoms with van der Waals surface area (Å²) in [5.74, 6) is 5.72. The second-order valence-electron chi connectivity index (χ2n) is 5.09. The Morgan fingerprint density at radius 2 is 1.50 bits per heavy atom. The number of esters is 1. The number of aliphatic hydroxyl groups excluding tert-OH is 1. The number of carbonyl (C=O) groups excluding carboxylic acids is 1. The molecule has 0 radical (unpaired) electrons. The first-order chi connectivity index (χ1) is 11.8. The molecule has 3 nitrogen and oxygen atoms in total. The Balaban J connectivity index is 3.50. The van der Waals surface area contributed by atoms with Crippen molar-refractivity contribution in [2.75, 3.05) is 13.7 Å². The van der Waals surface area contributed by atoms with Gasteiger partial charge in [-0.1, -0.05) is 54.5 Å². The number of unbranched alkanes of at least 4 members (excludes halogenated alkanes) is 1. The second-order valence-corrected chi connectivity index (χ2v) is 5.09. The third-order valence-corrected chi connectivity index (χ3v) is 3.04. The number of aliphatic hydroxyl groups is 1. The summed E-state index contributed by atoms with van der Waals surface area (Å²) in [4.78, 5) is 10.9. The van der Waals surface area contributed by atoms with E-state index in [9.17, 15) is 4.79 Å². The van der Waals surface area contributed by atoms with E-state index in [0.29, 0.717) is 12.8 Å². The van der Waals surface area contributed by atoms with Gasteiger partial charge in [-0.25, -0.2) is 0 Å². The average Bonchev–Trinajstić information content (AvgIpc) is 2.60. The Morgan fingerprint density at radius 3 is 2.08 bits per heavy atom. The highest BCUT2D eigenvalue weighted by Crippen LogP contribution is 2.00. The van der Waals surface area contributed by atoms with E-state index in [1.54, 1.807) is 0 Å². The Bertz CT molecular complexity index is 473. The molecule has 0 aromatic heterocycles. The van der Waals surface area contributed by atoms with E-state index in [4.69, 9.17) is 5.11 Å². The molecule has 0 fully saturated rings. The third-order valence-electron chi connectivity index (χ3n) is 3.04. The van der Waals surface area contributed by atoms with Crippen LogP contribution >= 0.6 is 0 Å². The minimum Gasteiger partial charge on any atom is -0.469 e. The van der Waals surface area contributed by atoms with Gasteiger partial charge in [-0.05, 0) is 32.1 Å². The number of hydrogen-bond acceptors (Lipinski definition) is 3. The lowest BCUT2D eigenvalue weighted by atomic mass is 10.2. The number of hydrogen-bond donors (Lipinski definition) is 1. The molecule has 0 spiro atoms. The molecular weight excluding hydrogens is 300 g/mol. The molecule has 0 amide bonds. The number of ether oxygens (including phenoxy) is 1. The fourth-order valence-electron chi connectivity index (χ4n) is 1.76. The molecule has 1 N–H and O–H groups in total. The molecule has 0 rings (SSSR count). The minimum absolute atomic E-state index is 0.137. The van der Waals surface area contributed by atoms with Crippen LogP contribution in [-0.2, 0) is 9.53 Å². The molecule has 0 aromatic carbocycles. The quantitative estimate of drug-likeness (QED) is 0.248. The van der Waals surface area contributed by atoms with Gasteiger partial charge in [0.05, 0.1) is 13.7 Å². The van der Waals surface area contributed by atoms with Crippen molar-refractivity contribution in [1.82, 2.24) is 0 Å². The van der Waals surface area contributed by atoms with Crippen LogP contribution in [0.3, 0.4) is 0 Å². The van der Waals surface area contributed by atoms with Crippen LogP contribution in [0, 0.1) is 11.8 Å². The van der Waals surface area contributed by atoms with E-state index in [-0.39, 0.29) is 12.6 Å². The minimum atomic E-state index is -0.139. The maximum absolute atomic E-state index is 10.9. The highest BCUT2D eigenvalue weighted by atomic mass is 16.5. The van der Waals surface area contributed by atoms with Crippen molar-refractivity contribution in [2.24, 2.45) is 0 Å². The van der Waals surface area contributed by atoms with E-state index in [1.165, 1.54) is 7.11 Å². The number of rotatable bonds is 12. The van der Waals surface area contributed by atoms with E-state index in [0.717, 1.165) is 38.5 Å². The molecule has 0 aliphatic carbocycles. The zero-order valence-corrected chi connectivity index (χ0v) is 14.7. The number of carbonyl (C=O) groups is 1. The topological polar surface area (TPSA) is 46.5 Å². The summed E-state index contributed by atoms with van der Waals surface area (Å²) in [7, 11) is 1.42. The summed E-state index contributed by atoms with van der Waals surface area (Å²) >= 11 is 0. The Kier molecular flexibility index (Phi) is 17.4. The first-order valence-electron chi connectivity index (χ1n) is 8.54. The molecule has 0 saturated heterocycles. The van der Waals surface area contributed by atoms with Gasteiger partial charge in [0.15, 0.2) is 0 Å². The van der Waals surface area contributed by atoms with Crippen molar-refractivity contribution in [1.29, 1.82) is 0 Å². The SMILES string of the molecule is COC(=O)CCC/C=C/C/C=C/C/C=C/C/C=C/CC#CCCO. The Hall–Kier alpha value is -2.05. The summed E-state index contributed by atoms with van der Waals surface area (Å²) in [5, 5.41) is 8.56. The smallest absolute Gasteiger partial charge is 0.305 e. The van der Waals surface area contributed by atoms with Gasteiger partial charge >= 0.3 is 5.97 Å². The molecule has 0 aromatic rings. The van der Waals surface area contributed by atoms with Crippen LogP contribution in [0.15, 0.2) is 48.6 Å². The van der Waals surface area contributed by atoms with Gasteiger partial charge in [0.25, 0.3) is 0 Å². The lowest BCUT2D eigenvalue weighted by Crippen LogP contribution is -1.98. The molecule has 0 heterocycles. The van der Waals surface area contributed by atoms with Crippen LogP contribution in [-0.4, -0.2) is 24.8 Å². The molecule has 24 heavy (non-hydrogen) atoms. The fourth-order valence-corrected chi connectivity index (χ4v) is 1.76. The van der Waals surface area contributed by atoms with Crippen LogP contribution in [0.4, 0.5) is 0 Å². The molecule has 0 bridgehead atoms. The van der Waals surface area contributed by atoms with Gasteiger partial charge in [-0.2, -0.15) is 0 Å². The zero-order valence-electron chi connectivity index (χ0n) is 14.7. The normalized spacial score (nSPS) is 11.6. The standard InChI is InChI=1S/C21H30O3/c1-24-21(23)19-17-15-13-11-9-7-5-3-2-4-6-8-10-12-14-16-18-20-22/h2,4-5,7-8,10-11,13,22H,3,6,9,12,15,17-20H2,1H3/b4-2+,7-5+,10-8+,13-11+. The Morgan fingerprint density at radius 1 is 0.917 bits per heavy atom. The molecule has 0 aliphatic rings. The summed E-state index contributed by atoms with van der Waals surface area (Å²) in [6, 6.07) is 0. The molecule has 132 valence electrons. The van der Waals surface area contributed by atoms with Crippen molar-refractivity contribution in [3.05, 3.63) is 48.6 Å². The number of methoxy groups -OCH3 is 1.